The molecule has 1 amide bonds. The van der Waals surface area contributed by atoms with Crippen LogP contribution in [0.4, 0.5) is 5.69 Å². The molecule has 0 saturated heterocycles. The smallest absolute Gasteiger partial charge is 0.343 e. The number of esters is 1. The van der Waals surface area contributed by atoms with Crippen LogP contribution in [0.25, 0.3) is 0 Å². The molecule has 3 aromatic rings. The van der Waals surface area contributed by atoms with Crippen LogP contribution in [0.3, 0.4) is 0 Å². The summed E-state index contributed by atoms with van der Waals surface area (Å²) < 4.78 is 5.45. The van der Waals surface area contributed by atoms with E-state index >= 15 is 0 Å². The van der Waals surface area contributed by atoms with Gasteiger partial charge in [-0.15, -0.1) is 0 Å². The maximum absolute atomic E-state index is 12.4. The Hall–Kier alpha value is -3.93. The van der Waals surface area contributed by atoms with Crippen LogP contribution >= 0.6 is 0 Å². The van der Waals surface area contributed by atoms with Crippen LogP contribution in [0.5, 0.6) is 5.75 Å². The van der Waals surface area contributed by atoms with Gasteiger partial charge in [-0.2, -0.15) is 5.10 Å². The number of rotatable bonds is 7. The summed E-state index contributed by atoms with van der Waals surface area (Å²) in [5.74, 6) is -0.230. The molecule has 33 heavy (non-hydrogen) atoms. The summed E-state index contributed by atoms with van der Waals surface area (Å²) in [6.45, 7) is 8.47. The number of nitrogens with zero attached hydrogens (tertiary/aromatic N) is 1. The van der Waals surface area contributed by atoms with E-state index in [4.69, 9.17) is 4.74 Å². The number of hydrogen-bond acceptors (Lipinski definition) is 5. The molecule has 0 fully saturated rings. The Morgan fingerprint density at radius 2 is 1.61 bits per heavy atom. The van der Waals surface area contributed by atoms with E-state index in [1.165, 1.54) is 6.21 Å². The van der Waals surface area contributed by atoms with Gasteiger partial charge in [0.05, 0.1) is 18.3 Å². The fourth-order valence-electron chi connectivity index (χ4n) is 3.06. The van der Waals surface area contributed by atoms with Crippen LogP contribution in [0.1, 0.15) is 47.8 Å². The molecule has 3 aromatic carbocycles. The van der Waals surface area contributed by atoms with Crippen molar-refractivity contribution in [3.05, 3.63) is 95.1 Å². The van der Waals surface area contributed by atoms with Crippen molar-refractivity contribution in [3.63, 3.8) is 0 Å². The van der Waals surface area contributed by atoms with E-state index < -0.39 is 5.97 Å². The second-order valence-electron chi connectivity index (χ2n) is 8.75. The third kappa shape index (κ3) is 7.04. The number of para-hydroxylation sites is 1. The quantitative estimate of drug-likeness (QED) is 0.231. The first-order valence-electron chi connectivity index (χ1n) is 10.8. The molecular formula is C27H29N3O3. The lowest BCUT2D eigenvalue weighted by atomic mass is 9.87. The number of amides is 1. The van der Waals surface area contributed by atoms with Gasteiger partial charge in [-0.25, -0.2) is 10.2 Å². The van der Waals surface area contributed by atoms with E-state index in [0.717, 1.165) is 22.4 Å². The van der Waals surface area contributed by atoms with Crippen molar-refractivity contribution < 1.29 is 14.3 Å². The summed E-state index contributed by atoms with van der Waals surface area (Å²) in [5.41, 5.74) is 6.90. The number of benzene rings is 3. The number of nitrogens with one attached hydrogen (secondary N) is 2. The van der Waals surface area contributed by atoms with Gasteiger partial charge in [0.2, 0.25) is 0 Å². The molecule has 0 atom stereocenters. The van der Waals surface area contributed by atoms with Crippen molar-refractivity contribution in [1.29, 1.82) is 0 Å². The first kappa shape index (κ1) is 23.7. The summed E-state index contributed by atoms with van der Waals surface area (Å²) in [6, 6.07) is 22.1. The summed E-state index contributed by atoms with van der Waals surface area (Å²) >= 11 is 0. The molecule has 0 aromatic heterocycles. The average Bonchev–Trinajstić information content (AvgIpc) is 2.79. The third-order valence-electron chi connectivity index (χ3n) is 5.06. The monoisotopic (exact) mass is 443 g/mol. The van der Waals surface area contributed by atoms with Gasteiger partial charge >= 0.3 is 5.97 Å². The Kier molecular flexibility index (Phi) is 7.61. The Morgan fingerprint density at radius 1 is 0.939 bits per heavy atom. The van der Waals surface area contributed by atoms with Crippen LogP contribution < -0.4 is 15.5 Å². The highest BCUT2D eigenvalue weighted by molar-refractivity contribution is 5.91. The van der Waals surface area contributed by atoms with Crippen LogP contribution in [0, 0.1) is 6.92 Å². The van der Waals surface area contributed by atoms with Crippen molar-refractivity contribution in [2.24, 2.45) is 5.10 Å². The maximum Gasteiger partial charge on any atom is 0.343 e. The normalized spacial score (nSPS) is 11.3. The molecule has 0 aliphatic rings. The Balaban J connectivity index is 1.48. The molecule has 0 radical (unpaired) electrons. The summed E-state index contributed by atoms with van der Waals surface area (Å²) in [5, 5.41) is 7.05. The summed E-state index contributed by atoms with van der Waals surface area (Å²) in [4.78, 5) is 24.3. The van der Waals surface area contributed by atoms with Crippen molar-refractivity contribution in [3.8, 4) is 5.75 Å². The van der Waals surface area contributed by atoms with E-state index in [1.807, 2.05) is 43.3 Å². The number of anilines is 1. The molecule has 0 aliphatic heterocycles. The lowest BCUT2D eigenvalue weighted by molar-refractivity contribution is -0.119. The van der Waals surface area contributed by atoms with Crippen molar-refractivity contribution in [1.82, 2.24) is 5.43 Å². The van der Waals surface area contributed by atoms with E-state index in [0.29, 0.717) is 11.3 Å². The van der Waals surface area contributed by atoms with Gasteiger partial charge in [0.25, 0.3) is 5.91 Å². The first-order valence-corrected chi connectivity index (χ1v) is 10.8. The molecule has 0 saturated carbocycles. The predicted molar refractivity (Wildman–Crippen MR) is 132 cm³/mol. The van der Waals surface area contributed by atoms with Gasteiger partial charge in [-0.05, 0) is 71.5 Å². The molecule has 6 nitrogen and oxygen atoms in total. The zero-order valence-corrected chi connectivity index (χ0v) is 19.4. The zero-order valence-electron chi connectivity index (χ0n) is 19.4. The number of carbonyl (C=O) groups is 2. The Morgan fingerprint density at radius 3 is 2.24 bits per heavy atom. The van der Waals surface area contributed by atoms with Crippen LogP contribution in [-0.4, -0.2) is 24.6 Å². The van der Waals surface area contributed by atoms with Crippen molar-refractivity contribution >= 4 is 23.8 Å². The molecule has 2 N–H and O–H groups in total. The zero-order chi connectivity index (χ0) is 23.8. The number of carbonyl (C=O) groups excluding carboxylic acids is 2. The van der Waals surface area contributed by atoms with Crippen LogP contribution in [0.2, 0.25) is 0 Å². The summed E-state index contributed by atoms with van der Waals surface area (Å²) in [7, 11) is 0. The maximum atomic E-state index is 12.4. The Labute approximate surface area is 194 Å². The fraction of sp³-hybridized carbons (Fsp3) is 0.222. The largest absolute Gasteiger partial charge is 0.423 e. The molecule has 3 rings (SSSR count). The van der Waals surface area contributed by atoms with Crippen LogP contribution in [-0.2, 0) is 10.2 Å². The number of aryl methyl sites for hydroxylation is 1. The fourth-order valence-corrected chi connectivity index (χ4v) is 3.06. The second kappa shape index (κ2) is 10.6. The third-order valence-corrected chi connectivity index (χ3v) is 5.06. The van der Waals surface area contributed by atoms with Crippen molar-refractivity contribution in [2.75, 3.05) is 11.9 Å². The highest BCUT2D eigenvalue weighted by atomic mass is 16.5. The van der Waals surface area contributed by atoms with Crippen LogP contribution in [0.15, 0.2) is 77.9 Å². The van der Waals surface area contributed by atoms with Gasteiger partial charge < -0.3 is 10.1 Å². The minimum absolute atomic E-state index is 0.0245. The molecule has 170 valence electrons. The number of ether oxygens (including phenoxy) is 1. The highest BCUT2D eigenvalue weighted by Crippen LogP contribution is 2.22. The molecule has 0 unspecified atom stereocenters. The first-order chi connectivity index (χ1) is 15.7. The molecule has 0 spiro atoms. The van der Waals surface area contributed by atoms with Gasteiger partial charge in [0.15, 0.2) is 0 Å². The molecule has 0 bridgehead atoms. The SMILES string of the molecule is Cc1ccccc1NCC(=O)NN=Cc1ccc(OC(=O)c2ccc(C(C)(C)C)cc2)cc1. The van der Waals surface area contributed by atoms with Crippen molar-refractivity contribution in [2.45, 2.75) is 33.1 Å². The van der Waals surface area contributed by atoms with E-state index in [2.05, 4.69) is 36.6 Å². The topological polar surface area (TPSA) is 79.8 Å². The van der Waals surface area contributed by atoms with Gasteiger partial charge in [0, 0.05) is 5.69 Å². The lowest BCUT2D eigenvalue weighted by Gasteiger charge is -2.18. The minimum atomic E-state index is -0.412. The van der Waals surface area contributed by atoms with E-state index in [1.54, 1.807) is 36.4 Å². The molecular weight excluding hydrogens is 414 g/mol. The molecule has 0 heterocycles. The predicted octanol–water partition coefficient (Wildman–Crippen LogP) is 5.07. The molecule has 6 heteroatoms. The van der Waals surface area contributed by atoms with Gasteiger partial charge in [0.1, 0.15) is 5.75 Å². The average molecular weight is 444 g/mol. The van der Waals surface area contributed by atoms with E-state index in [-0.39, 0.29) is 17.9 Å². The standard InChI is InChI=1S/C27H29N3O3/c1-19-7-5-6-8-24(19)28-18-25(31)30-29-17-20-9-15-23(16-10-20)33-26(32)21-11-13-22(14-12-21)27(2,3)4/h5-17,28H,18H2,1-4H3,(H,30,31). The highest BCUT2D eigenvalue weighted by Gasteiger charge is 2.15. The minimum Gasteiger partial charge on any atom is -0.423 e. The van der Waals surface area contributed by atoms with Gasteiger partial charge in [-0.3, -0.25) is 4.79 Å². The molecule has 0 aliphatic carbocycles. The number of hydrazone groups is 1. The Bertz CT molecular complexity index is 1130. The van der Waals surface area contributed by atoms with Gasteiger partial charge in [-0.1, -0.05) is 51.1 Å². The summed E-state index contributed by atoms with van der Waals surface area (Å²) in [6.07, 6.45) is 1.53. The number of hydrogen-bond donors (Lipinski definition) is 2. The van der Waals surface area contributed by atoms with E-state index in [9.17, 15) is 9.59 Å². The lowest BCUT2D eigenvalue weighted by Crippen LogP contribution is -2.26. The second-order valence-corrected chi connectivity index (χ2v) is 8.75.